The minimum absolute atomic E-state index is 0.158. The molecule has 0 amide bonds. The van der Waals surface area contributed by atoms with Gasteiger partial charge in [0, 0.05) is 14.5 Å². The highest BCUT2D eigenvalue weighted by Crippen LogP contribution is 2.34. The molecule has 144 valence electrons. The standard InChI is InChI=1S/C17H14I2N6O2S/c18-7-11-5-13(22-17-23-16(21)24-25-17)6-12(8-19)15(11)28(26,27)14-3-1-10(9-20)2-4-14/h1-6H,7-8H2,(H4,21,22,23,24,25). The van der Waals surface area contributed by atoms with Crippen molar-refractivity contribution >= 4 is 72.6 Å². The van der Waals surface area contributed by atoms with Crippen molar-refractivity contribution in [2.45, 2.75) is 18.6 Å². The lowest BCUT2D eigenvalue weighted by molar-refractivity contribution is 0.595. The number of nitrogens with zero attached hydrogens (tertiary/aromatic N) is 3. The molecule has 0 aliphatic heterocycles. The Hall–Kier alpha value is -1.92. The predicted octanol–water partition coefficient (Wildman–Crippen LogP) is 3.70. The van der Waals surface area contributed by atoms with Crippen molar-refractivity contribution < 1.29 is 8.42 Å². The largest absolute Gasteiger partial charge is 0.368 e. The first kappa shape index (κ1) is 20.8. The van der Waals surface area contributed by atoms with Gasteiger partial charge in [0.2, 0.25) is 21.7 Å². The van der Waals surface area contributed by atoms with E-state index in [0.29, 0.717) is 42.1 Å². The molecule has 3 rings (SSSR count). The molecule has 0 saturated heterocycles. The summed E-state index contributed by atoms with van der Waals surface area (Å²) < 4.78 is 27.6. The quantitative estimate of drug-likeness (QED) is 0.283. The van der Waals surface area contributed by atoms with Crippen molar-refractivity contribution in [2.24, 2.45) is 0 Å². The molecule has 1 aromatic heterocycles. The number of sulfone groups is 1. The minimum atomic E-state index is -3.74. The molecule has 0 saturated carbocycles. The summed E-state index contributed by atoms with van der Waals surface area (Å²) in [5, 5.41) is 18.5. The van der Waals surface area contributed by atoms with Crippen LogP contribution in [0.5, 0.6) is 0 Å². The molecule has 0 fully saturated rings. The van der Waals surface area contributed by atoms with Crippen LogP contribution in [0.1, 0.15) is 16.7 Å². The van der Waals surface area contributed by atoms with Crippen molar-refractivity contribution in [3.8, 4) is 6.07 Å². The van der Waals surface area contributed by atoms with Crippen molar-refractivity contribution in [1.29, 1.82) is 5.26 Å². The third-order valence-corrected chi connectivity index (χ3v) is 7.45. The number of nitrogens with one attached hydrogen (secondary N) is 2. The van der Waals surface area contributed by atoms with Crippen LogP contribution >= 0.6 is 45.2 Å². The van der Waals surface area contributed by atoms with Gasteiger partial charge < -0.3 is 11.1 Å². The molecule has 8 nitrogen and oxygen atoms in total. The second-order valence-corrected chi connectivity index (χ2v) is 9.11. The van der Waals surface area contributed by atoms with E-state index in [4.69, 9.17) is 11.0 Å². The SMILES string of the molecule is N#Cc1ccc(S(=O)(=O)c2c(CI)cc(Nc3n[nH]c(N)n3)cc2CI)cc1. The van der Waals surface area contributed by atoms with Crippen LogP contribution in [-0.4, -0.2) is 23.6 Å². The average Bonchev–Trinajstić information content (AvgIpc) is 3.11. The predicted molar refractivity (Wildman–Crippen MR) is 123 cm³/mol. The van der Waals surface area contributed by atoms with Gasteiger partial charge in [-0.1, -0.05) is 45.2 Å². The lowest BCUT2D eigenvalue weighted by Crippen LogP contribution is -2.09. The summed E-state index contributed by atoms with van der Waals surface area (Å²) in [7, 11) is -3.74. The van der Waals surface area contributed by atoms with Crippen LogP contribution < -0.4 is 11.1 Å². The zero-order chi connectivity index (χ0) is 20.3. The Balaban J connectivity index is 2.09. The Labute approximate surface area is 189 Å². The van der Waals surface area contributed by atoms with Crippen molar-refractivity contribution in [2.75, 3.05) is 11.1 Å². The van der Waals surface area contributed by atoms with Gasteiger partial charge in [-0.3, -0.25) is 0 Å². The first-order valence-electron chi connectivity index (χ1n) is 7.87. The van der Waals surface area contributed by atoms with Crippen molar-refractivity contribution in [3.63, 3.8) is 0 Å². The number of halogens is 2. The van der Waals surface area contributed by atoms with Gasteiger partial charge in [0.05, 0.1) is 21.4 Å². The lowest BCUT2D eigenvalue weighted by Gasteiger charge is -2.16. The molecule has 0 aliphatic rings. The first-order valence-corrected chi connectivity index (χ1v) is 12.4. The number of anilines is 3. The number of rotatable bonds is 6. The van der Waals surface area contributed by atoms with Gasteiger partial charge in [0.15, 0.2) is 0 Å². The Bertz CT molecular complexity index is 1130. The third kappa shape index (κ3) is 4.23. The van der Waals surface area contributed by atoms with Crippen LogP contribution in [0.2, 0.25) is 0 Å². The van der Waals surface area contributed by atoms with Gasteiger partial charge in [0.25, 0.3) is 0 Å². The topological polar surface area (TPSA) is 138 Å². The van der Waals surface area contributed by atoms with Gasteiger partial charge >= 0.3 is 0 Å². The number of benzene rings is 2. The van der Waals surface area contributed by atoms with E-state index in [9.17, 15) is 8.42 Å². The van der Waals surface area contributed by atoms with E-state index >= 15 is 0 Å². The smallest absolute Gasteiger partial charge is 0.248 e. The van der Waals surface area contributed by atoms with Gasteiger partial charge in [0.1, 0.15) is 0 Å². The van der Waals surface area contributed by atoms with Gasteiger partial charge in [-0.25, -0.2) is 13.5 Å². The molecule has 0 spiro atoms. The Morgan fingerprint density at radius 1 is 1.14 bits per heavy atom. The van der Waals surface area contributed by atoms with Crippen LogP contribution in [0.15, 0.2) is 46.2 Å². The molecule has 2 aromatic carbocycles. The van der Waals surface area contributed by atoms with E-state index in [1.165, 1.54) is 24.3 Å². The average molecular weight is 620 g/mol. The normalized spacial score (nSPS) is 11.2. The van der Waals surface area contributed by atoms with E-state index in [0.717, 1.165) is 0 Å². The second-order valence-electron chi connectivity index (χ2n) is 5.70. The molecule has 0 atom stereocenters. The van der Waals surface area contributed by atoms with Gasteiger partial charge in [-0.05, 0) is 47.5 Å². The highest BCUT2D eigenvalue weighted by molar-refractivity contribution is 14.1. The number of aromatic nitrogens is 3. The molecule has 0 unspecified atom stereocenters. The van der Waals surface area contributed by atoms with Crippen LogP contribution in [0, 0.1) is 11.3 Å². The fourth-order valence-electron chi connectivity index (χ4n) is 2.66. The van der Waals surface area contributed by atoms with E-state index in [1.54, 1.807) is 12.1 Å². The number of nitrogen functional groups attached to an aromatic ring is 1. The van der Waals surface area contributed by atoms with E-state index in [2.05, 4.69) is 65.7 Å². The number of hydrogen-bond acceptors (Lipinski definition) is 7. The molecule has 28 heavy (non-hydrogen) atoms. The first-order chi connectivity index (χ1) is 13.4. The maximum absolute atomic E-state index is 13.3. The Kier molecular flexibility index (Phi) is 6.40. The summed E-state index contributed by atoms with van der Waals surface area (Å²) in [6.07, 6.45) is 0. The zero-order valence-corrected chi connectivity index (χ0v) is 19.4. The monoisotopic (exact) mass is 620 g/mol. The van der Waals surface area contributed by atoms with E-state index < -0.39 is 9.84 Å². The molecular formula is C17H14I2N6O2S. The highest BCUT2D eigenvalue weighted by atomic mass is 127. The molecule has 0 radical (unpaired) electrons. The third-order valence-electron chi connectivity index (χ3n) is 3.85. The number of nitriles is 1. The van der Waals surface area contributed by atoms with Gasteiger partial charge in [-0.15, -0.1) is 5.10 Å². The minimum Gasteiger partial charge on any atom is -0.368 e. The second kappa shape index (κ2) is 8.62. The summed E-state index contributed by atoms with van der Waals surface area (Å²) in [6.45, 7) is 0. The molecule has 1 heterocycles. The highest BCUT2D eigenvalue weighted by Gasteiger charge is 2.25. The van der Waals surface area contributed by atoms with Crippen molar-refractivity contribution in [1.82, 2.24) is 15.2 Å². The van der Waals surface area contributed by atoms with Crippen molar-refractivity contribution in [3.05, 3.63) is 53.1 Å². The summed E-state index contributed by atoms with van der Waals surface area (Å²) in [6, 6.07) is 11.5. The van der Waals surface area contributed by atoms with Crippen LogP contribution in [0.4, 0.5) is 17.6 Å². The molecule has 4 N–H and O–H groups in total. The van der Waals surface area contributed by atoms with E-state index in [-0.39, 0.29) is 10.8 Å². The maximum atomic E-state index is 13.3. The molecular weight excluding hydrogens is 606 g/mol. The molecule has 0 aliphatic carbocycles. The van der Waals surface area contributed by atoms with Crippen LogP contribution in [0.25, 0.3) is 0 Å². The Morgan fingerprint density at radius 3 is 2.21 bits per heavy atom. The number of aromatic amines is 1. The maximum Gasteiger partial charge on any atom is 0.248 e. The number of alkyl halides is 2. The lowest BCUT2D eigenvalue weighted by atomic mass is 10.1. The molecule has 11 heteroatoms. The summed E-state index contributed by atoms with van der Waals surface area (Å²) in [4.78, 5) is 4.45. The van der Waals surface area contributed by atoms with E-state index in [1.807, 2.05) is 6.07 Å². The fraction of sp³-hybridized carbons (Fsp3) is 0.118. The number of nitrogens with two attached hydrogens (primary N) is 1. The molecule has 3 aromatic rings. The van der Waals surface area contributed by atoms with Crippen LogP contribution in [0.3, 0.4) is 0 Å². The number of hydrogen-bond donors (Lipinski definition) is 3. The molecule has 0 bridgehead atoms. The zero-order valence-electron chi connectivity index (χ0n) is 14.3. The fourth-order valence-corrected chi connectivity index (χ4v) is 6.06. The Morgan fingerprint density at radius 2 is 1.75 bits per heavy atom. The summed E-state index contributed by atoms with van der Waals surface area (Å²) >= 11 is 4.28. The number of H-pyrrole nitrogens is 1. The van der Waals surface area contributed by atoms with Gasteiger partial charge in [-0.2, -0.15) is 10.2 Å². The summed E-state index contributed by atoms with van der Waals surface area (Å²) in [5.41, 5.74) is 7.97. The summed E-state index contributed by atoms with van der Waals surface area (Å²) in [5.74, 6) is 0.491. The van der Waals surface area contributed by atoms with Crippen LogP contribution in [-0.2, 0) is 18.7 Å².